The van der Waals surface area contributed by atoms with Gasteiger partial charge in [-0.05, 0) is 29.8 Å². The number of hydrogen-bond donors (Lipinski definition) is 0. The number of carbonyl (C=O) groups is 1. The highest BCUT2D eigenvalue weighted by Gasteiger charge is 2.18. The van der Waals surface area contributed by atoms with Gasteiger partial charge in [-0.15, -0.1) is 0 Å². The van der Waals surface area contributed by atoms with Gasteiger partial charge in [-0.2, -0.15) is 0 Å². The van der Waals surface area contributed by atoms with Crippen LogP contribution in [0, 0.1) is 0 Å². The third-order valence-electron chi connectivity index (χ3n) is 4.56. The van der Waals surface area contributed by atoms with Crippen LogP contribution in [0.1, 0.15) is 21.6 Å². The predicted molar refractivity (Wildman–Crippen MR) is 104 cm³/mol. The SMILES string of the molecule is COc1ccc(C(=O)c2c3ccccc3cn2Cc2ccccc2)cc1. The zero-order valence-corrected chi connectivity index (χ0v) is 14.6. The highest BCUT2D eigenvalue weighted by molar-refractivity contribution is 6.15. The Bertz CT molecular complexity index is 1050. The van der Waals surface area contributed by atoms with Gasteiger partial charge in [0.1, 0.15) is 5.75 Å². The summed E-state index contributed by atoms with van der Waals surface area (Å²) in [4.78, 5) is 13.3. The molecule has 3 heteroatoms. The van der Waals surface area contributed by atoms with Gasteiger partial charge in [-0.25, -0.2) is 0 Å². The lowest BCUT2D eigenvalue weighted by Gasteiger charge is -2.10. The van der Waals surface area contributed by atoms with Gasteiger partial charge in [0, 0.05) is 29.1 Å². The van der Waals surface area contributed by atoms with Gasteiger partial charge in [0.2, 0.25) is 5.78 Å². The molecule has 1 aromatic heterocycles. The number of aromatic nitrogens is 1. The van der Waals surface area contributed by atoms with E-state index in [1.165, 1.54) is 0 Å². The van der Waals surface area contributed by atoms with Crippen LogP contribution in [0.2, 0.25) is 0 Å². The molecule has 0 aliphatic heterocycles. The van der Waals surface area contributed by atoms with Crippen molar-refractivity contribution < 1.29 is 9.53 Å². The molecule has 0 aliphatic rings. The van der Waals surface area contributed by atoms with E-state index in [1.54, 1.807) is 7.11 Å². The number of rotatable bonds is 5. The smallest absolute Gasteiger partial charge is 0.210 e. The molecule has 0 amide bonds. The van der Waals surface area contributed by atoms with E-state index < -0.39 is 0 Å². The highest BCUT2D eigenvalue weighted by Crippen LogP contribution is 2.25. The van der Waals surface area contributed by atoms with E-state index in [2.05, 4.69) is 18.3 Å². The van der Waals surface area contributed by atoms with Crippen LogP contribution in [0.4, 0.5) is 0 Å². The molecule has 0 aliphatic carbocycles. The van der Waals surface area contributed by atoms with Gasteiger partial charge in [0.05, 0.1) is 12.8 Å². The summed E-state index contributed by atoms with van der Waals surface area (Å²) in [6.07, 6.45) is 2.05. The zero-order valence-electron chi connectivity index (χ0n) is 14.6. The van der Waals surface area contributed by atoms with Gasteiger partial charge in [0.15, 0.2) is 0 Å². The van der Waals surface area contributed by atoms with Crippen molar-refractivity contribution in [3.63, 3.8) is 0 Å². The van der Waals surface area contributed by atoms with Crippen molar-refractivity contribution in [2.45, 2.75) is 6.54 Å². The largest absolute Gasteiger partial charge is 0.497 e. The molecular weight excluding hydrogens is 322 g/mol. The van der Waals surface area contributed by atoms with E-state index in [4.69, 9.17) is 4.74 Å². The summed E-state index contributed by atoms with van der Waals surface area (Å²) >= 11 is 0. The molecule has 3 nitrogen and oxygen atoms in total. The lowest BCUT2D eigenvalue weighted by atomic mass is 10.0. The summed E-state index contributed by atoms with van der Waals surface area (Å²) in [6, 6.07) is 25.5. The third-order valence-corrected chi connectivity index (χ3v) is 4.56. The van der Waals surface area contributed by atoms with Crippen molar-refractivity contribution in [3.8, 4) is 5.75 Å². The second-order valence-electron chi connectivity index (χ2n) is 6.24. The van der Waals surface area contributed by atoms with Gasteiger partial charge in [-0.1, -0.05) is 54.6 Å². The fraction of sp³-hybridized carbons (Fsp3) is 0.0870. The Kier molecular flexibility index (Phi) is 4.28. The second-order valence-corrected chi connectivity index (χ2v) is 6.24. The molecule has 0 saturated carbocycles. The Morgan fingerprint density at radius 2 is 1.58 bits per heavy atom. The molecule has 0 atom stereocenters. The number of ketones is 1. The minimum absolute atomic E-state index is 0.0183. The lowest BCUT2D eigenvalue weighted by Crippen LogP contribution is -2.11. The second kappa shape index (κ2) is 6.89. The molecule has 0 spiro atoms. The Labute approximate surface area is 152 Å². The van der Waals surface area contributed by atoms with E-state index in [-0.39, 0.29) is 5.78 Å². The summed E-state index contributed by atoms with van der Waals surface area (Å²) < 4.78 is 7.24. The van der Waals surface area contributed by atoms with E-state index in [0.717, 1.165) is 27.8 Å². The first-order chi connectivity index (χ1) is 12.8. The number of hydrogen-bond acceptors (Lipinski definition) is 2. The van der Waals surface area contributed by atoms with Crippen LogP contribution in [-0.2, 0) is 6.54 Å². The first-order valence-electron chi connectivity index (χ1n) is 8.57. The minimum atomic E-state index is 0.0183. The summed E-state index contributed by atoms with van der Waals surface area (Å²) in [6.45, 7) is 0.659. The number of benzene rings is 3. The van der Waals surface area contributed by atoms with Crippen LogP contribution in [0.3, 0.4) is 0 Å². The molecule has 4 rings (SSSR count). The number of nitrogens with zero attached hydrogens (tertiary/aromatic N) is 1. The summed E-state index contributed by atoms with van der Waals surface area (Å²) in [5, 5.41) is 2.05. The van der Waals surface area contributed by atoms with Crippen molar-refractivity contribution >= 4 is 16.6 Å². The molecule has 3 aromatic carbocycles. The molecule has 0 N–H and O–H groups in total. The normalized spacial score (nSPS) is 10.8. The fourth-order valence-electron chi connectivity index (χ4n) is 3.25. The van der Waals surface area contributed by atoms with E-state index >= 15 is 0 Å². The summed E-state index contributed by atoms with van der Waals surface area (Å²) in [7, 11) is 1.62. The van der Waals surface area contributed by atoms with Crippen LogP contribution >= 0.6 is 0 Å². The average Bonchev–Trinajstić information content (AvgIpc) is 3.06. The number of ether oxygens (including phenoxy) is 1. The van der Waals surface area contributed by atoms with E-state index in [9.17, 15) is 4.79 Å². The molecule has 0 radical (unpaired) electrons. The predicted octanol–water partition coefficient (Wildman–Crippen LogP) is 4.93. The molecule has 0 bridgehead atoms. The standard InChI is InChI=1S/C23H19NO2/c1-26-20-13-11-18(12-14-20)23(25)22-21-10-6-5-9-19(21)16-24(22)15-17-7-3-2-4-8-17/h2-14,16H,15H2,1H3. The topological polar surface area (TPSA) is 31.2 Å². The van der Waals surface area contributed by atoms with Crippen LogP contribution in [0.15, 0.2) is 85.1 Å². The Morgan fingerprint density at radius 1 is 0.885 bits per heavy atom. The first kappa shape index (κ1) is 16.2. The van der Waals surface area contributed by atoms with Gasteiger partial charge in [-0.3, -0.25) is 4.79 Å². The molecule has 1 heterocycles. The molecule has 26 heavy (non-hydrogen) atoms. The first-order valence-corrected chi connectivity index (χ1v) is 8.57. The van der Waals surface area contributed by atoms with Crippen molar-refractivity contribution in [1.29, 1.82) is 0 Å². The van der Waals surface area contributed by atoms with Gasteiger partial charge in [0.25, 0.3) is 0 Å². The maximum atomic E-state index is 13.3. The van der Waals surface area contributed by atoms with Crippen molar-refractivity contribution in [3.05, 3.63) is 102 Å². The average molecular weight is 341 g/mol. The van der Waals surface area contributed by atoms with Gasteiger partial charge >= 0.3 is 0 Å². The summed E-state index contributed by atoms with van der Waals surface area (Å²) in [5.41, 5.74) is 2.54. The zero-order chi connectivity index (χ0) is 17.9. The van der Waals surface area contributed by atoms with E-state index in [0.29, 0.717) is 12.1 Å². The van der Waals surface area contributed by atoms with Gasteiger partial charge < -0.3 is 9.30 Å². The van der Waals surface area contributed by atoms with Crippen LogP contribution in [-0.4, -0.2) is 17.5 Å². The molecule has 0 saturated heterocycles. The van der Waals surface area contributed by atoms with Crippen LogP contribution in [0.5, 0.6) is 5.75 Å². The van der Waals surface area contributed by atoms with Crippen molar-refractivity contribution in [2.24, 2.45) is 0 Å². The fourth-order valence-corrected chi connectivity index (χ4v) is 3.25. The maximum Gasteiger partial charge on any atom is 0.210 e. The monoisotopic (exact) mass is 341 g/mol. The number of fused-ring (bicyclic) bond motifs is 1. The Balaban J connectivity index is 1.81. The minimum Gasteiger partial charge on any atom is -0.497 e. The Hall–Kier alpha value is -3.33. The molecule has 128 valence electrons. The highest BCUT2D eigenvalue weighted by atomic mass is 16.5. The summed E-state index contributed by atoms with van der Waals surface area (Å²) in [5.74, 6) is 0.760. The quantitative estimate of drug-likeness (QED) is 0.482. The van der Waals surface area contributed by atoms with Crippen molar-refractivity contribution in [1.82, 2.24) is 4.57 Å². The van der Waals surface area contributed by atoms with Crippen LogP contribution < -0.4 is 4.74 Å². The third kappa shape index (κ3) is 3.00. The lowest BCUT2D eigenvalue weighted by molar-refractivity contribution is 0.103. The van der Waals surface area contributed by atoms with E-state index in [1.807, 2.05) is 71.3 Å². The molecule has 4 aromatic rings. The number of carbonyl (C=O) groups excluding carboxylic acids is 1. The molecular formula is C23H19NO2. The van der Waals surface area contributed by atoms with Crippen LogP contribution in [0.25, 0.3) is 10.8 Å². The Morgan fingerprint density at radius 3 is 2.31 bits per heavy atom. The van der Waals surface area contributed by atoms with Crippen molar-refractivity contribution in [2.75, 3.05) is 7.11 Å². The molecule has 0 unspecified atom stereocenters. The number of methoxy groups -OCH3 is 1. The molecule has 0 fully saturated rings. The maximum absolute atomic E-state index is 13.3.